The van der Waals surface area contributed by atoms with E-state index >= 15 is 0 Å². The number of para-hydroxylation sites is 1. The topological polar surface area (TPSA) is 120 Å². The smallest absolute Gasteiger partial charge is 0.274 e. The van der Waals surface area contributed by atoms with E-state index in [-0.39, 0.29) is 29.5 Å². The number of nitrogens with zero attached hydrogens (tertiary/aromatic N) is 3. The molecule has 0 saturated carbocycles. The Morgan fingerprint density at radius 2 is 2.07 bits per heavy atom. The van der Waals surface area contributed by atoms with E-state index in [0.717, 1.165) is 18.2 Å². The average Bonchev–Trinajstić information content (AvgIpc) is 3.11. The number of carbonyl (C=O) groups is 1. The summed E-state index contributed by atoms with van der Waals surface area (Å²) >= 11 is 6.02. The number of nitro benzene ring substituents is 1. The Labute approximate surface area is 157 Å². The van der Waals surface area contributed by atoms with Gasteiger partial charge in [0, 0.05) is 18.3 Å². The first-order valence-electron chi connectivity index (χ1n) is 7.63. The predicted molar refractivity (Wildman–Crippen MR) is 97.0 cm³/mol. The largest absolute Gasteiger partial charge is 0.506 e. The Hall–Kier alpha value is -3.59. The second-order valence-electron chi connectivity index (χ2n) is 5.33. The number of aromatic nitrogens is 2. The number of rotatable bonds is 6. The zero-order chi connectivity index (χ0) is 19.4. The number of benzene rings is 2. The highest BCUT2D eigenvalue weighted by Gasteiger charge is 2.17. The van der Waals surface area contributed by atoms with Crippen LogP contribution < -0.4 is 10.1 Å². The van der Waals surface area contributed by atoms with E-state index in [2.05, 4.69) is 10.4 Å². The van der Waals surface area contributed by atoms with Gasteiger partial charge in [0.25, 0.3) is 11.6 Å². The number of phenolic OH excluding ortho intramolecular Hbond substituents is 1. The van der Waals surface area contributed by atoms with Gasteiger partial charge in [0.1, 0.15) is 17.2 Å². The summed E-state index contributed by atoms with van der Waals surface area (Å²) in [6.45, 7) is -0.0829. The van der Waals surface area contributed by atoms with E-state index in [1.165, 1.54) is 16.9 Å². The van der Waals surface area contributed by atoms with E-state index in [9.17, 15) is 20.0 Å². The molecular weight excluding hydrogens is 376 g/mol. The molecule has 1 amide bonds. The van der Waals surface area contributed by atoms with Crippen LogP contribution in [0.25, 0.3) is 0 Å². The first-order chi connectivity index (χ1) is 13.0. The normalized spacial score (nSPS) is 10.4. The van der Waals surface area contributed by atoms with E-state index in [1.807, 2.05) is 0 Å². The lowest BCUT2D eigenvalue weighted by Crippen LogP contribution is -2.19. The first kappa shape index (κ1) is 18.2. The molecule has 10 heteroatoms. The zero-order valence-electron chi connectivity index (χ0n) is 13.7. The van der Waals surface area contributed by atoms with Crippen LogP contribution in [0.4, 0.5) is 11.4 Å². The fourth-order valence-electron chi connectivity index (χ4n) is 2.24. The number of nitro groups is 1. The molecule has 9 nitrogen and oxygen atoms in total. The predicted octanol–water partition coefficient (Wildman–Crippen LogP) is 3.44. The third-order valence-corrected chi connectivity index (χ3v) is 3.88. The van der Waals surface area contributed by atoms with Gasteiger partial charge < -0.3 is 15.2 Å². The van der Waals surface area contributed by atoms with Crippen LogP contribution in [0.2, 0.25) is 5.02 Å². The molecule has 0 bridgehead atoms. The van der Waals surface area contributed by atoms with Crippen LogP contribution in [0.15, 0.2) is 54.7 Å². The van der Waals surface area contributed by atoms with Crippen molar-refractivity contribution in [3.63, 3.8) is 0 Å². The molecule has 2 N–H and O–H groups in total. The van der Waals surface area contributed by atoms with Gasteiger partial charge >= 0.3 is 0 Å². The second kappa shape index (κ2) is 7.75. The van der Waals surface area contributed by atoms with E-state index < -0.39 is 10.8 Å². The van der Waals surface area contributed by atoms with E-state index in [0.29, 0.717) is 10.8 Å². The summed E-state index contributed by atoms with van der Waals surface area (Å²) < 4.78 is 6.83. The third-order valence-electron chi connectivity index (χ3n) is 3.57. The van der Waals surface area contributed by atoms with Gasteiger partial charge in [0.2, 0.25) is 0 Å². The van der Waals surface area contributed by atoms with Crippen molar-refractivity contribution in [3.8, 4) is 11.5 Å². The Bertz CT molecular complexity index is 1000. The summed E-state index contributed by atoms with van der Waals surface area (Å²) in [6, 6.07) is 11.6. The number of nitrogens with one attached hydrogen (secondary N) is 1. The zero-order valence-corrected chi connectivity index (χ0v) is 14.5. The molecule has 0 atom stereocenters. The van der Waals surface area contributed by atoms with Crippen LogP contribution in [0.5, 0.6) is 11.5 Å². The Morgan fingerprint density at radius 3 is 2.81 bits per heavy atom. The summed E-state index contributed by atoms with van der Waals surface area (Å²) in [5, 5.41) is 27.5. The Morgan fingerprint density at radius 1 is 1.30 bits per heavy atom. The third kappa shape index (κ3) is 4.15. The number of hydrogen-bond acceptors (Lipinski definition) is 6. The molecule has 27 heavy (non-hydrogen) atoms. The maximum Gasteiger partial charge on any atom is 0.274 e. The number of anilines is 1. The van der Waals surface area contributed by atoms with Crippen LogP contribution in [0.1, 0.15) is 10.5 Å². The number of phenols is 1. The SMILES string of the molecule is O=C(Nc1cc([N+](=O)[O-])ccc1O)c1ccnn1COc1ccccc1Cl. The van der Waals surface area contributed by atoms with Gasteiger partial charge in [0.15, 0.2) is 6.73 Å². The number of hydrogen-bond donors (Lipinski definition) is 2. The van der Waals surface area contributed by atoms with E-state index in [1.54, 1.807) is 24.3 Å². The van der Waals surface area contributed by atoms with Crippen molar-refractivity contribution in [3.05, 3.63) is 75.6 Å². The maximum absolute atomic E-state index is 12.5. The van der Waals surface area contributed by atoms with Crippen LogP contribution >= 0.6 is 11.6 Å². The fraction of sp³-hybridized carbons (Fsp3) is 0.0588. The van der Waals surface area contributed by atoms with Crippen molar-refractivity contribution in [2.24, 2.45) is 0 Å². The van der Waals surface area contributed by atoms with Gasteiger partial charge in [0.05, 0.1) is 15.6 Å². The van der Waals surface area contributed by atoms with Crippen LogP contribution in [-0.4, -0.2) is 25.7 Å². The highest BCUT2D eigenvalue weighted by molar-refractivity contribution is 6.32. The first-order valence-corrected chi connectivity index (χ1v) is 8.01. The van der Waals surface area contributed by atoms with Gasteiger partial charge in [-0.3, -0.25) is 14.9 Å². The molecule has 0 aliphatic carbocycles. The van der Waals surface area contributed by atoms with Crippen molar-refractivity contribution in [2.75, 3.05) is 5.32 Å². The molecular formula is C17H13ClN4O5. The second-order valence-corrected chi connectivity index (χ2v) is 5.74. The monoisotopic (exact) mass is 388 g/mol. The highest BCUT2D eigenvalue weighted by Crippen LogP contribution is 2.28. The summed E-state index contributed by atoms with van der Waals surface area (Å²) in [6.07, 6.45) is 1.40. The number of aromatic hydroxyl groups is 1. The van der Waals surface area contributed by atoms with Crippen molar-refractivity contribution >= 4 is 28.9 Å². The van der Waals surface area contributed by atoms with Gasteiger partial charge in [-0.05, 0) is 24.3 Å². The number of non-ortho nitro benzene ring substituents is 1. The molecule has 2 aromatic carbocycles. The quantitative estimate of drug-likeness (QED) is 0.379. The number of halogens is 1. The molecule has 0 aliphatic heterocycles. The highest BCUT2D eigenvalue weighted by atomic mass is 35.5. The lowest BCUT2D eigenvalue weighted by molar-refractivity contribution is -0.384. The molecule has 3 rings (SSSR count). The molecule has 0 spiro atoms. The Balaban J connectivity index is 1.75. The number of amides is 1. The molecule has 0 aliphatic rings. The summed E-state index contributed by atoms with van der Waals surface area (Å²) in [5.41, 5.74) is -0.222. The van der Waals surface area contributed by atoms with Crippen LogP contribution in [0.3, 0.4) is 0 Å². The van der Waals surface area contributed by atoms with Crippen molar-refractivity contribution < 1.29 is 19.6 Å². The van der Waals surface area contributed by atoms with Crippen molar-refractivity contribution in [1.29, 1.82) is 0 Å². The van der Waals surface area contributed by atoms with Crippen LogP contribution in [0, 0.1) is 10.1 Å². The van der Waals surface area contributed by atoms with Crippen molar-refractivity contribution in [2.45, 2.75) is 6.73 Å². The standard InChI is InChI=1S/C17H13ClN4O5/c18-12-3-1-2-4-16(12)27-10-21-14(7-8-19-21)17(24)20-13-9-11(22(25)26)5-6-15(13)23/h1-9,23H,10H2,(H,20,24). The molecule has 0 fully saturated rings. The van der Waals surface area contributed by atoms with Gasteiger partial charge in [-0.15, -0.1) is 0 Å². The Kier molecular flexibility index (Phi) is 5.23. The summed E-state index contributed by atoms with van der Waals surface area (Å²) in [7, 11) is 0. The van der Waals surface area contributed by atoms with Gasteiger partial charge in [-0.2, -0.15) is 5.10 Å². The molecule has 0 unspecified atom stereocenters. The van der Waals surface area contributed by atoms with Gasteiger partial charge in [-0.25, -0.2) is 4.68 Å². The minimum absolute atomic E-state index is 0.0829. The summed E-state index contributed by atoms with van der Waals surface area (Å²) in [5.74, 6) is -0.490. The molecule has 1 aromatic heterocycles. The minimum atomic E-state index is -0.628. The number of ether oxygens (including phenoxy) is 1. The minimum Gasteiger partial charge on any atom is -0.506 e. The average molecular weight is 389 g/mol. The molecule has 1 heterocycles. The number of carbonyl (C=O) groups excluding carboxylic acids is 1. The lowest BCUT2D eigenvalue weighted by atomic mass is 10.2. The van der Waals surface area contributed by atoms with Crippen LogP contribution in [-0.2, 0) is 6.73 Å². The van der Waals surface area contributed by atoms with Gasteiger partial charge in [-0.1, -0.05) is 23.7 Å². The lowest BCUT2D eigenvalue weighted by Gasteiger charge is -2.11. The fourth-order valence-corrected chi connectivity index (χ4v) is 2.44. The maximum atomic E-state index is 12.5. The molecule has 0 saturated heterocycles. The molecule has 0 radical (unpaired) electrons. The molecule has 138 valence electrons. The molecule has 3 aromatic rings. The summed E-state index contributed by atoms with van der Waals surface area (Å²) in [4.78, 5) is 22.7. The van der Waals surface area contributed by atoms with Crippen molar-refractivity contribution in [1.82, 2.24) is 9.78 Å². The van der Waals surface area contributed by atoms with E-state index in [4.69, 9.17) is 16.3 Å².